The molecule has 0 unspecified atom stereocenters. The van der Waals surface area contributed by atoms with Crippen molar-refractivity contribution in [3.05, 3.63) is 35.8 Å². The van der Waals surface area contributed by atoms with Crippen LogP contribution in [0.4, 0.5) is 0 Å². The normalized spacial score (nSPS) is 10.7. The quantitative estimate of drug-likeness (QED) is 0.820. The molecule has 2 heterocycles. The highest BCUT2D eigenvalue weighted by molar-refractivity contribution is 5.99. The van der Waals surface area contributed by atoms with Gasteiger partial charge >= 0.3 is 0 Å². The molecule has 0 bridgehead atoms. The molecule has 1 N–H and O–H groups in total. The van der Waals surface area contributed by atoms with Gasteiger partial charge in [0, 0.05) is 18.9 Å². The number of imidazole rings is 1. The van der Waals surface area contributed by atoms with Gasteiger partial charge in [0.2, 0.25) is 0 Å². The molecule has 0 aromatic carbocycles. The van der Waals surface area contributed by atoms with E-state index in [-0.39, 0.29) is 5.91 Å². The molecular weight excluding hydrogens is 214 g/mol. The maximum Gasteiger partial charge on any atom is 0.255 e. The van der Waals surface area contributed by atoms with Crippen molar-refractivity contribution in [2.45, 2.75) is 26.7 Å². The SMILES string of the molecule is CCCCNC(=O)c1cccn2cc(C)nc12. The van der Waals surface area contributed by atoms with E-state index >= 15 is 0 Å². The van der Waals surface area contributed by atoms with E-state index in [1.165, 1.54) is 0 Å². The highest BCUT2D eigenvalue weighted by Gasteiger charge is 2.11. The number of carbonyl (C=O) groups is 1. The number of unbranched alkanes of at least 4 members (excludes halogenated alkanes) is 1. The van der Waals surface area contributed by atoms with Gasteiger partial charge in [-0.2, -0.15) is 0 Å². The lowest BCUT2D eigenvalue weighted by molar-refractivity contribution is 0.0954. The molecule has 0 fully saturated rings. The first kappa shape index (κ1) is 11.6. The van der Waals surface area contributed by atoms with Crippen LogP contribution in [0.2, 0.25) is 0 Å². The molecule has 0 saturated heterocycles. The minimum atomic E-state index is -0.0466. The molecule has 2 aromatic heterocycles. The van der Waals surface area contributed by atoms with Crippen LogP contribution in [0.1, 0.15) is 35.8 Å². The zero-order chi connectivity index (χ0) is 12.3. The van der Waals surface area contributed by atoms with Crippen LogP contribution in [0.15, 0.2) is 24.5 Å². The largest absolute Gasteiger partial charge is 0.352 e. The molecular formula is C13H17N3O. The predicted molar refractivity (Wildman–Crippen MR) is 67.2 cm³/mol. The van der Waals surface area contributed by atoms with E-state index in [1.807, 2.05) is 35.9 Å². The molecule has 0 atom stereocenters. The number of hydrogen-bond donors (Lipinski definition) is 1. The van der Waals surface area contributed by atoms with Crippen LogP contribution in [-0.2, 0) is 0 Å². The van der Waals surface area contributed by atoms with Crippen LogP contribution in [0.5, 0.6) is 0 Å². The van der Waals surface area contributed by atoms with E-state index in [1.54, 1.807) is 0 Å². The van der Waals surface area contributed by atoms with Crippen molar-refractivity contribution in [2.75, 3.05) is 6.54 Å². The first-order chi connectivity index (χ1) is 8.22. The summed E-state index contributed by atoms with van der Waals surface area (Å²) in [4.78, 5) is 16.3. The lowest BCUT2D eigenvalue weighted by atomic mass is 10.2. The summed E-state index contributed by atoms with van der Waals surface area (Å²) in [7, 11) is 0. The summed E-state index contributed by atoms with van der Waals surface area (Å²) in [5, 5.41) is 2.91. The van der Waals surface area contributed by atoms with Crippen LogP contribution >= 0.6 is 0 Å². The molecule has 0 aliphatic heterocycles. The van der Waals surface area contributed by atoms with E-state index in [9.17, 15) is 4.79 Å². The van der Waals surface area contributed by atoms with Gasteiger partial charge in [0.05, 0.1) is 11.3 Å². The van der Waals surface area contributed by atoms with Crippen molar-refractivity contribution in [1.29, 1.82) is 0 Å². The van der Waals surface area contributed by atoms with Crippen molar-refractivity contribution in [3.8, 4) is 0 Å². The number of nitrogens with zero attached hydrogens (tertiary/aromatic N) is 2. The summed E-state index contributed by atoms with van der Waals surface area (Å²) in [6.45, 7) is 4.74. The van der Waals surface area contributed by atoms with Crippen LogP contribution in [0.25, 0.3) is 5.65 Å². The summed E-state index contributed by atoms with van der Waals surface area (Å²) in [5.41, 5.74) is 2.27. The molecule has 0 spiro atoms. The summed E-state index contributed by atoms with van der Waals surface area (Å²) < 4.78 is 1.88. The molecule has 90 valence electrons. The van der Waals surface area contributed by atoms with Crippen LogP contribution in [0.3, 0.4) is 0 Å². The number of aromatic nitrogens is 2. The van der Waals surface area contributed by atoms with Crippen molar-refractivity contribution >= 4 is 11.6 Å². The Kier molecular flexibility index (Phi) is 3.42. The maximum atomic E-state index is 12.0. The lowest BCUT2D eigenvalue weighted by Gasteiger charge is -2.05. The van der Waals surface area contributed by atoms with Gasteiger partial charge < -0.3 is 9.72 Å². The van der Waals surface area contributed by atoms with Gasteiger partial charge in [0.25, 0.3) is 5.91 Å². The third-order valence-corrected chi connectivity index (χ3v) is 2.66. The average Bonchev–Trinajstić information content (AvgIpc) is 2.69. The second-order valence-electron chi connectivity index (χ2n) is 4.14. The van der Waals surface area contributed by atoms with Crippen LogP contribution < -0.4 is 5.32 Å². The molecule has 17 heavy (non-hydrogen) atoms. The number of hydrogen-bond acceptors (Lipinski definition) is 2. The number of carbonyl (C=O) groups excluding carboxylic acids is 1. The fraction of sp³-hybridized carbons (Fsp3) is 0.385. The molecule has 0 radical (unpaired) electrons. The van der Waals surface area contributed by atoms with Crippen molar-refractivity contribution < 1.29 is 4.79 Å². The fourth-order valence-corrected chi connectivity index (χ4v) is 1.79. The topological polar surface area (TPSA) is 46.4 Å². The maximum absolute atomic E-state index is 12.0. The number of pyridine rings is 1. The minimum Gasteiger partial charge on any atom is -0.352 e. The third-order valence-electron chi connectivity index (χ3n) is 2.66. The van der Waals surface area contributed by atoms with Crippen molar-refractivity contribution in [3.63, 3.8) is 0 Å². The Morgan fingerprint density at radius 2 is 2.35 bits per heavy atom. The number of fused-ring (bicyclic) bond motifs is 1. The Morgan fingerprint density at radius 3 is 3.12 bits per heavy atom. The number of aryl methyl sites for hydroxylation is 1. The zero-order valence-electron chi connectivity index (χ0n) is 10.2. The Bertz CT molecular complexity index is 530. The van der Waals surface area contributed by atoms with Crippen LogP contribution in [0, 0.1) is 6.92 Å². The summed E-state index contributed by atoms with van der Waals surface area (Å²) in [6, 6.07) is 3.67. The second kappa shape index (κ2) is 4.99. The highest BCUT2D eigenvalue weighted by atomic mass is 16.1. The minimum absolute atomic E-state index is 0.0466. The second-order valence-corrected chi connectivity index (χ2v) is 4.14. The number of amides is 1. The molecule has 1 amide bonds. The van der Waals surface area contributed by atoms with E-state index in [0.29, 0.717) is 5.56 Å². The first-order valence-corrected chi connectivity index (χ1v) is 5.95. The molecule has 0 aliphatic rings. The van der Waals surface area contributed by atoms with Crippen LogP contribution in [-0.4, -0.2) is 21.8 Å². The van der Waals surface area contributed by atoms with E-state index in [0.717, 1.165) is 30.7 Å². The number of nitrogens with one attached hydrogen (secondary N) is 1. The molecule has 4 heteroatoms. The monoisotopic (exact) mass is 231 g/mol. The number of rotatable bonds is 4. The van der Waals surface area contributed by atoms with Gasteiger partial charge in [0.1, 0.15) is 5.65 Å². The van der Waals surface area contributed by atoms with Gasteiger partial charge in [0.15, 0.2) is 0 Å². The first-order valence-electron chi connectivity index (χ1n) is 5.95. The summed E-state index contributed by atoms with van der Waals surface area (Å²) in [6.07, 6.45) is 5.89. The van der Waals surface area contributed by atoms with Gasteiger partial charge in [-0.1, -0.05) is 13.3 Å². The molecule has 2 rings (SSSR count). The summed E-state index contributed by atoms with van der Waals surface area (Å²) in [5.74, 6) is -0.0466. The Labute approximate surface area is 101 Å². The average molecular weight is 231 g/mol. The molecule has 2 aromatic rings. The van der Waals surface area contributed by atoms with Gasteiger partial charge in [-0.05, 0) is 25.5 Å². The Hall–Kier alpha value is -1.84. The highest BCUT2D eigenvalue weighted by Crippen LogP contribution is 2.10. The van der Waals surface area contributed by atoms with Crippen molar-refractivity contribution in [2.24, 2.45) is 0 Å². The fourth-order valence-electron chi connectivity index (χ4n) is 1.79. The summed E-state index contributed by atoms with van der Waals surface area (Å²) >= 11 is 0. The van der Waals surface area contributed by atoms with E-state index in [4.69, 9.17) is 0 Å². The molecule has 4 nitrogen and oxygen atoms in total. The van der Waals surface area contributed by atoms with E-state index in [2.05, 4.69) is 17.2 Å². The Morgan fingerprint density at radius 1 is 1.53 bits per heavy atom. The molecule has 0 saturated carbocycles. The van der Waals surface area contributed by atoms with Gasteiger partial charge in [-0.25, -0.2) is 4.98 Å². The molecule has 0 aliphatic carbocycles. The lowest BCUT2D eigenvalue weighted by Crippen LogP contribution is -2.24. The van der Waals surface area contributed by atoms with Gasteiger partial charge in [-0.15, -0.1) is 0 Å². The smallest absolute Gasteiger partial charge is 0.255 e. The van der Waals surface area contributed by atoms with Gasteiger partial charge in [-0.3, -0.25) is 4.79 Å². The predicted octanol–water partition coefficient (Wildman–Crippen LogP) is 2.17. The Balaban J connectivity index is 2.25. The third kappa shape index (κ3) is 2.46. The zero-order valence-corrected chi connectivity index (χ0v) is 10.2. The van der Waals surface area contributed by atoms with Crippen molar-refractivity contribution in [1.82, 2.24) is 14.7 Å². The standard InChI is InChI=1S/C13H17N3O/c1-3-4-7-14-13(17)11-6-5-8-16-9-10(2)15-12(11)16/h5-6,8-9H,3-4,7H2,1-2H3,(H,14,17). The van der Waals surface area contributed by atoms with E-state index < -0.39 is 0 Å².